The van der Waals surface area contributed by atoms with E-state index in [2.05, 4.69) is 26.2 Å². The number of nitrogens with one attached hydrogen (secondary N) is 1. The monoisotopic (exact) mass is 446 g/mol. The predicted molar refractivity (Wildman–Crippen MR) is 74.2 cm³/mol. The molecule has 1 N–H and O–H groups in total. The van der Waals surface area contributed by atoms with Crippen LogP contribution in [0.5, 0.6) is 0 Å². The number of nitrogens with zero attached hydrogens (tertiary/aromatic N) is 1. The summed E-state index contributed by atoms with van der Waals surface area (Å²) in [6.07, 6.45) is 0. The number of pyridine rings is 1. The standard InChI is InChI=1S/C11H4BrF4IN2/c12-5-2-1-4(17)3-6(5)18-9-7(13)10(15)19-11(16)8(9)14/h1-3H,(H,18,19). The van der Waals surface area contributed by atoms with Gasteiger partial charge in [0.15, 0.2) is 0 Å². The fourth-order valence-corrected chi connectivity index (χ4v) is 2.16. The minimum Gasteiger partial charge on any atom is -0.349 e. The quantitative estimate of drug-likeness (QED) is 0.409. The van der Waals surface area contributed by atoms with Crippen LogP contribution in [-0.2, 0) is 0 Å². The lowest BCUT2D eigenvalue weighted by atomic mass is 10.3. The molecule has 1 heterocycles. The summed E-state index contributed by atoms with van der Waals surface area (Å²) in [6, 6.07) is 4.93. The molecule has 0 spiro atoms. The van der Waals surface area contributed by atoms with Crippen molar-refractivity contribution in [3.8, 4) is 0 Å². The number of rotatable bonds is 2. The average Bonchev–Trinajstić information content (AvgIpc) is 2.36. The first kappa shape index (κ1) is 14.5. The zero-order valence-corrected chi connectivity index (χ0v) is 12.7. The van der Waals surface area contributed by atoms with Gasteiger partial charge in [-0.1, -0.05) is 0 Å². The molecule has 0 fully saturated rings. The summed E-state index contributed by atoms with van der Waals surface area (Å²) in [6.45, 7) is 0. The van der Waals surface area contributed by atoms with Crippen LogP contribution in [0.15, 0.2) is 22.7 Å². The van der Waals surface area contributed by atoms with Crippen molar-refractivity contribution < 1.29 is 17.6 Å². The van der Waals surface area contributed by atoms with Crippen LogP contribution < -0.4 is 5.32 Å². The molecule has 2 nitrogen and oxygen atoms in total. The Bertz CT molecular complexity index is 625. The van der Waals surface area contributed by atoms with Crippen molar-refractivity contribution in [1.82, 2.24) is 4.98 Å². The molecule has 0 saturated heterocycles. The third-order valence-corrected chi connectivity index (χ3v) is 3.55. The van der Waals surface area contributed by atoms with Gasteiger partial charge in [-0.05, 0) is 56.7 Å². The topological polar surface area (TPSA) is 24.9 Å². The summed E-state index contributed by atoms with van der Waals surface area (Å²) < 4.78 is 54.1. The van der Waals surface area contributed by atoms with Crippen molar-refractivity contribution in [3.05, 3.63) is 49.8 Å². The molecular formula is C11H4BrF4IN2. The highest BCUT2D eigenvalue weighted by atomic mass is 127. The lowest BCUT2D eigenvalue weighted by Gasteiger charge is -2.11. The SMILES string of the molecule is Fc1nc(F)c(F)c(Nc2cc(I)ccc2Br)c1F. The second kappa shape index (κ2) is 5.61. The van der Waals surface area contributed by atoms with E-state index in [4.69, 9.17) is 0 Å². The largest absolute Gasteiger partial charge is 0.349 e. The molecule has 0 saturated carbocycles. The highest BCUT2D eigenvalue weighted by molar-refractivity contribution is 14.1. The van der Waals surface area contributed by atoms with E-state index < -0.39 is 29.2 Å². The lowest BCUT2D eigenvalue weighted by molar-refractivity contribution is 0.411. The number of anilines is 2. The van der Waals surface area contributed by atoms with Crippen LogP contribution in [-0.4, -0.2) is 4.98 Å². The van der Waals surface area contributed by atoms with Gasteiger partial charge in [0.2, 0.25) is 11.6 Å². The van der Waals surface area contributed by atoms with Gasteiger partial charge in [0, 0.05) is 8.04 Å². The molecule has 1 aromatic heterocycles. The summed E-state index contributed by atoms with van der Waals surface area (Å²) in [5.74, 6) is -6.57. The van der Waals surface area contributed by atoms with E-state index in [1.54, 1.807) is 18.2 Å². The maximum absolute atomic E-state index is 13.4. The summed E-state index contributed by atoms with van der Waals surface area (Å²) in [5.41, 5.74) is -0.651. The maximum atomic E-state index is 13.4. The molecule has 0 atom stereocenters. The van der Waals surface area contributed by atoms with Crippen molar-refractivity contribution in [3.63, 3.8) is 0 Å². The predicted octanol–water partition coefficient (Wildman–Crippen LogP) is 4.75. The molecule has 0 aliphatic heterocycles. The van der Waals surface area contributed by atoms with Crippen molar-refractivity contribution >= 4 is 49.9 Å². The number of benzene rings is 1. The fraction of sp³-hybridized carbons (Fsp3) is 0. The first-order valence-corrected chi connectivity index (χ1v) is 6.69. The maximum Gasteiger partial charge on any atom is 0.253 e. The Morgan fingerprint density at radius 1 is 1.05 bits per heavy atom. The van der Waals surface area contributed by atoms with E-state index in [-0.39, 0.29) is 5.69 Å². The second-order valence-electron chi connectivity index (χ2n) is 3.45. The van der Waals surface area contributed by atoms with E-state index in [0.29, 0.717) is 4.47 Å². The van der Waals surface area contributed by atoms with Crippen LogP contribution in [0.1, 0.15) is 0 Å². The smallest absolute Gasteiger partial charge is 0.253 e. The van der Waals surface area contributed by atoms with Crippen LogP contribution in [0.3, 0.4) is 0 Å². The third kappa shape index (κ3) is 2.99. The molecule has 8 heteroatoms. The lowest BCUT2D eigenvalue weighted by Crippen LogP contribution is -2.06. The number of hydrogen-bond donors (Lipinski definition) is 1. The average molecular weight is 447 g/mol. The Morgan fingerprint density at radius 2 is 1.63 bits per heavy atom. The van der Waals surface area contributed by atoms with Crippen molar-refractivity contribution in [2.75, 3.05) is 5.32 Å². The minimum atomic E-state index is -1.71. The molecule has 0 bridgehead atoms. The first-order valence-electron chi connectivity index (χ1n) is 4.82. The molecule has 1 aromatic carbocycles. The summed E-state index contributed by atoms with van der Waals surface area (Å²) in [4.78, 5) is 2.48. The molecule has 19 heavy (non-hydrogen) atoms. The molecule has 0 unspecified atom stereocenters. The molecule has 2 aromatic rings. The van der Waals surface area contributed by atoms with E-state index in [9.17, 15) is 17.6 Å². The molecule has 2 rings (SSSR count). The summed E-state index contributed by atoms with van der Waals surface area (Å²) in [7, 11) is 0. The molecule has 0 radical (unpaired) electrons. The van der Waals surface area contributed by atoms with Crippen molar-refractivity contribution in [2.24, 2.45) is 0 Å². The van der Waals surface area contributed by atoms with Crippen LogP contribution in [0.2, 0.25) is 0 Å². The molecule has 0 aliphatic rings. The third-order valence-electron chi connectivity index (χ3n) is 2.19. The Hall–Kier alpha value is -0.900. The minimum absolute atomic E-state index is 0.273. The molecule has 0 amide bonds. The summed E-state index contributed by atoms with van der Waals surface area (Å²) in [5, 5.41) is 2.31. The van der Waals surface area contributed by atoms with Crippen molar-refractivity contribution in [1.29, 1.82) is 0 Å². The van der Waals surface area contributed by atoms with E-state index >= 15 is 0 Å². The fourth-order valence-electron chi connectivity index (χ4n) is 1.32. The van der Waals surface area contributed by atoms with Gasteiger partial charge in [-0.25, -0.2) is 0 Å². The zero-order chi connectivity index (χ0) is 14.2. The Kier molecular flexibility index (Phi) is 4.29. The van der Waals surface area contributed by atoms with Gasteiger partial charge in [-0.2, -0.15) is 22.5 Å². The van der Waals surface area contributed by atoms with Gasteiger partial charge in [0.25, 0.3) is 11.9 Å². The molecule has 100 valence electrons. The number of aromatic nitrogens is 1. The van der Waals surface area contributed by atoms with Crippen molar-refractivity contribution in [2.45, 2.75) is 0 Å². The van der Waals surface area contributed by atoms with Crippen LogP contribution >= 0.6 is 38.5 Å². The van der Waals surface area contributed by atoms with Gasteiger partial charge in [-0.15, -0.1) is 0 Å². The molecular weight excluding hydrogens is 443 g/mol. The Morgan fingerprint density at radius 3 is 2.21 bits per heavy atom. The van der Waals surface area contributed by atoms with Gasteiger partial charge < -0.3 is 5.32 Å². The van der Waals surface area contributed by atoms with Gasteiger partial charge in [-0.3, -0.25) is 0 Å². The molecule has 0 aliphatic carbocycles. The van der Waals surface area contributed by atoms with E-state index in [1.807, 2.05) is 22.6 Å². The Labute approximate surface area is 127 Å². The highest BCUT2D eigenvalue weighted by Crippen LogP contribution is 2.31. The van der Waals surface area contributed by atoms with Gasteiger partial charge >= 0.3 is 0 Å². The summed E-state index contributed by atoms with van der Waals surface area (Å²) >= 11 is 5.15. The Balaban J connectivity index is 2.52. The van der Waals surface area contributed by atoms with E-state index in [0.717, 1.165) is 3.57 Å². The van der Waals surface area contributed by atoms with Gasteiger partial charge in [0.1, 0.15) is 5.69 Å². The van der Waals surface area contributed by atoms with Gasteiger partial charge in [0.05, 0.1) is 5.69 Å². The van der Waals surface area contributed by atoms with E-state index in [1.165, 1.54) is 0 Å². The zero-order valence-electron chi connectivity index (χ0n) is 8.95. The van der Waals surface area contributed by atoms with Crippen LogP contribution in [0.4, 0.5) is 28.9 Å². The highest BCUT2D eigenvalue weighted by Gasteiger charge is 2.21. The normalized spacial score (nSPS) is 10.6. The first-order chi connectivity index (χ1) is 8.90. The second-order valence-corrected chi connectivity index (χ2v) is 5.55. The van der Waals surface area contributed by atoms with Crippen LogP contribution in [0.25, 0.3) is 0 Å². The number of halogens is 6. The van der Waals surface area contributed by atoms with Crippen LogP contribution in [0, 0.1) is 27.1 Å². The number of hydrogen-bond acceptors (Lipinski definition) is 2.